The zero-order chi connectivity index (χ0) is 21.3. The van der Waals surface area contributed by atoms with Gasteiger partial charge in [-0.25, -0.2) is 9.37 Å². The minimum absolute atomic E-state index is 0.342. The number of carbonyl (C=O) groups excluding carboxylic acids is 1. The number of halogens is 2. The van der Waals surface area contributed by atoms with E-state index in [1.807, 2.05) is 18.2 Å². The van der Waals surface area contributed by atoms with Crippen molar-refractivity contribution in [3.63, 3.8) is 0 Å². The Bertz CT molecular complexity index is 1200. The normalized spacial score (nSPS) is 11.5. The van der Waals surface area contributed by atoms with Crippen LogP contribution in [0.4, 0.5) is 10.2 Å². The zero-order valence-electron chi connectivity index (χ0n) is 16.4. The van der Waals surface area contributed by atoms with Gasteiger partial charge in [-0.1, -0.05) is 17.7 Å². The second kappa shape index (κ2) is 7.80. The highest BCUT2D eigenvalue weighted by atomic mass is 35.5. The second-order valence-corrected chi connectivity index (χ2v) is 7.70. The Balaban J connectivity index is 1.68. The molecule has 1 N–H and O–H groups in total. The Morgan fingerprint density at radius 2 is 1.77 bits per heavy atom. The number of hydrogen-bond acceptors (Lipinski definition) is 3. The molecule has 0 bridgehead atoms. The quantitative estimate of drug-likeness (QED) is 0.455. The summed E-state index contributed by atoms with van der Waals surface area (Å²) in [4.78, 5) is 17.7. The fraction of sp³-hybridized carbons (Fsp3) is 0.130. The molecular formula is C23H19ClFN3O2. The summed E-state index contributed by atoms with van der Waals surface area (Å²) in [6.45, 7) is 3.36. The van der Waals surface area contributed by atoms with Crippen molar-refractivity contribution >= 4 is 29.0 Å². The number of pyridine rings is 1. The van der Waals surface area contributed by atoms with Gasteiger partial charge in [0.15, 0.2) is 5.60 Å². The van der Waals surface area contributed by atoms with Gasteiger partial charge in [-0.3, -0.25) is 9.20 Å². The molecule has 0 aliphatic carbocycles. The summed E-state index contributed by atoms with van der Waals surface area (Å²) < 4.78 is 21.0. The van der Waals surface area contributed by atoms with Crippen molar-refractivity contribution in [2.24, 2.45) is 0 Å². The summed E-state index contributed by atoms with van der Waals surface area (Å²) in [6.07, 6.45) is 1.80. The Hall–Kier alpha value is -3.38. The smallest absolute Gasteiger partial charge is 0.269 e. The fourth-order valence-corrected chi connectivity index (χ4v) is 3.15. The monoisotopic (exact) mass is 423 g/mol. The molecule has 0 spiro atoms. The average Bonchev–Trinajstić information content (AvgIpc) is 3.08. The molecule has 7 heteroatoms. The molecule has 0 unspecified atom stereocenters. The Morgan fingerprint density at radius 3 is 2.47 bits per heavy atom. The third-order valence-electron chi connectivity index (χ3n) is 4.61. The fourth-order valence-electron chi connectivity index (χ4n) is 3.03. The number of imidazole rings is 1. The predicted octanol–water partition coefficient (Wildman–Crippen LogP) is 5.59. The van der Waals surface area contributed by atoms with Crippen LogP contribution < -0.4 is 10.1 Å². The van der Waals surface area contributed by atoms with Crippen molar-refractivity contribution < 1.29 is 13.9 Å². The van der Waals surface area contributed by atoms with E-state index in [4.69, 9.17) is 16.3 Å². The highest BCUT2D eigenvalue weighted by molar-refractivity contribution is 6.30. The SMILES string of the molecule is CC(C)(Oc1ccc(Cl)cc1)C(=O)Nc1c(-c2ccc(F)cc2)nc2ccccn12. The molecule has 2 aromatic carbocycles. The van der Waals surface area contributed by atoms with Crippen LogP contribution in [0.5, 0.6) is 5.75 Å². The molecule has 0 saturated carbocycles. The van der Waals surface area contributed by atoms with Crippen molar-refractivity contribution in [2.45, 2.75) is 19.4 Å². The van der Waals surface area contributed by atoms with E-state index in [1.165, 1.54) is 12.1 Å². The van der Waals surface area contributed by atoms with Gasteiger partial charge in [0.25, 0.3) is 5.91 Å². The summed E-state index contributed by atoms with van der Waals surface area (Å²) in [5.41, 5.74) is 0.708. The lowest BCUT2D eigenvalue weighted by atomic mass is 10.1. The third-order valence-corrected chi connectivity index (χ3v) is 4.86. The molecule has 2 aromatic heterocycles. The van der Waals surface area contributed by atoms with E-state index in [9.17, 15) is 9.18 Å². The predicted molar refractivity (Wildman–Crippen MR) is 115 cm³/mol. The number of ether oxygens (including phenoxy) is 1. The van der Waals surface area contributed by atoms with Crippen molar-refractivity contribution in [3.8, 4) is 17.0 Å². The van der Waals surface area contributed by atoms with E-state index in [0.717, 1.165) is 0 Å². The number of fused-ring (bicyclic) bond motifs is 1. The topological polar surface area (TPSA) is 55.6 Å². The van der Waals surface area contributed by atoms with E-state index in [2.05, 4.69) is 10.3 Å². The first-order valence-electron chi connectivity index (χ1n) is 9.32. The lowest BCUT2D eigenvalue weighted by molar-refractivity contribution is -0.128. The molecule has 0 radical (unpaired) electrons. The van der Waals surface area contributed by atoms with E-state index in [0.29, 0.717) is 33.5 Å². The summed E-state index contributed by atoms with van der Waals surface area (Å²) in [7, 11) is 0. The van der Waals surface area contributed by atoms with Crippen LogP contribution in [0.1, 0.15) is 13.8 Å². The molecule has 0 atom stereocenters. The largest absolute Gasteiger partial charge is 0.478 e. The number of rotatable bonds is 5. The third kappa shape index (κ3) is 4.00. The summed E-state index contributed by atoms with van der Waals surface area (Å²) >= 11 is 5.91. The number of nitrogens with zero attached hydrogens (tertiary/aromatic N) is 2. The molecule has 5 nitrogen and oxygen atoms in total. The lowest BCUT2D eigenvalue weighted by Gasteiger charge is -2.25. The molecule has 0 fully saturated rings. The Labute approximate surface area is 178 Å². The van der Waals surface area contributed by atoms with E-state index < -0.39 is 5.60 Å². The van der Waals surface area contributed by atoms with Crippen LogP contribution in [0.15, 0.2) is 72.9 Å². The number of nitrogens with one attached hydrogen (secondary N) is 1. The highest BCUT2D eigenvalue weighted by Gasteiger charge is 2.31. The lowest BCUT2D eigenvalue weighted by Crippen LogP contribution is -2.42. The number of carbonyl (C=O) groups is 1. The maximum atomic E-state index is 13.4. The van der Waals surface area contributed by atoms with Crippen molar-refractivity contribution in [3.05, 3.63) is 83.8 Å². The van der Waals surface area contributed by atoms with Crippen LogP contribution in [0.3, 0.4) is 0 Å². The first-order valence-corrected chi connectivity index (χ1v) is 9.70. The Morgan fingerprint density at radius 1 is 1.07 bits per heavy atom. The van der Waals surface area contributed by atoms with Crippen molar-refractivity contribution in [1.82, 2.24) is 9.38 Å². The molecule has 0 aliphatic rings. The van der Waals surface area contributed by atoms with Crippen LogP contribution in [0.25, 0.3) is 16.9 Å². The summed E-state index contributed by atoms with van der Waals surface area (Å²) in [5.74, 6) is 0.309. The maximum Gasteiger partial charge on any atom is 0.269 e. The summed E-state index contributed by atoms with van der Waals surface area (Å²) in [6, 6.07) is 18.3. The highest BCUT2D eigenvalue weighted by Crippen LogP contribution is 2.30. The van der Waals surface area contributed by atoms with Gasteiger partial charge in [0.05, 0.1) is 0 Å². The average molecular weight is 424 g/mol. The molecule has 152 valence electrons. The van der Waals surface area contributed by atoms with E-state index in [-0.39, 0.29) is 11.7 Å². The zero-order valence-corrected chi connectivity index (χ0v) is 17.2. The van der Waals surface area contributed by atoms with E-state index in [1.54, 1.807) is 60.8 Å². The number of aromatic nitrogens is 2. The second-order valence-electron chi connectivity index (χ2n) is 7.27. The molecule has 4 rings (SSSR count). The number of amides is 1. The molecule has 4 aromatic rings. The first kappa shape index (κ1) is 19.9. The van der Waals surface area contributed by atoms with Crippen molar-refractivity contribution in [2.75, 3.05) is 5.32 Å². The Kier molecular flexibility index (Phi) is 5.18. The van der Waals surface area contributed by atoms with Crippen LogP contribution in [0.2, 0.25) is 5.02 Å². The van der Waals surface area contributed by atoms with Gasteiger partial charge in [0, 0.05) is 16.8 Å². The standard InChI is InChI=1S/C23H19ClFN3O2/c1-23(2,30-18-12-8-16(24)9-13-18)22(29)27-21-20(15-6-10-17(25)11-7-15)26-19-5-3-4-14-28(19)21/h3-14H,1-2H3,(H,27,29). The minimum atomic E-state index is -1.17. The number of anilines is 1. The van der Waals surface area contributed by atoms with E-state index >= 15 is 0 Å². The molecule has 2 heterocycles. The number of benzene rings is 2. The van der Waals surface area contributed by atoms with Gasteiger partial charge >= 0.3 is 0 Å². The van der Waals surface area contributed by atoms with Gasteiger partial charge in [-0.2, -0.15) is 0 Å². The summed E-state index contributed by atoms with van der Waals surface area (Å²) in [5, 5.41) is 3.52. The van der Waals surface area contributed by atoms with Crippen LogP contribution in [0, 0.1) is 5.82 Å². The maximum absolute atomic E-state index is 13.4. The van der Waals surface area contributed by atoms with Gasteiger partial charge in [-0.15, -0.1) is 0 Å². The number of hydrogen-bond donors (Lipinski definition) is 1. The molecule has 30 heavy (non-hydrogen) atoms. The van der Waals surface area contributed by atoms with Gasteiger partial charge in [-0.05, 0) is 74.5 Å². The van der Waals surface area contributed by atoms with Crippen LogP contribution in [-0.2, 0) is 4.79 Å². The van der Waals surface area contributed by atoms with Gasteiger partial charge in [0.1, 0.15) is 28.7 Å². The molecular weight excluding hydrogens is 405 g/mol. The van der Waals surface area contributed by atoms with Crippen molar-refractivity contribution in [1.29, 1.82) is 0 Å². The molecule has 0 saturated heterocycles. The minimum Gasteiger partial charge on any atom is -0.478 e. The molecule has 1 amide bonds. The van der Waals surface area contributed by atoms with Gasteiger partial charge in [0.2, 0.25) is 0 Å². The van der Waals surface area contributed by atoms with Crippen LogP contribution >= 0.6 is 11.6 Å². The first-order chi connectivity index (χ1) is 14.3. The molecule has 0 aliphatic heterocycles. The van der Waals surface area contributed by atoms with Gasteiger partial charge < -0.3 is 10.1 Å². The van der Waals surface area contributed by atoms with Crippen LogP contribution in [-0.4, -0.2) is 20.9 Å².